The molecule has 5 heteroatoms. The summed E-state index contributed by atoms with van der Waals surface area (Å²) in [6.07, 6.45) is 1.65. The van der Waals surface area contributed by atoms with Gasteiger partial charge in [-0.15, -0.1) is 0 Å². The highest BCUT2D eigenvalue weighted by atomic mass is 16.5. The first-order valence-corrected chi connectivity index (χ1v) is 7.54. The molecule has 0 radical (unpaired) electrons. The van der Waals surface area contributed by atoms with Crippen molar-refractivity contribution in [2.45, 2.75) is 33.6 Å². The van der Waals surface area contributed by atoms with Crippen molar-refractivity contribution < 1.29 is 14.3 Å². The topological polar surface area (TPSA) is 51.5 Å². The highest BCUT2D eigenvalue weighted by Crippen LogP contribution is 2.22. The molecule has 0 bridgehead atoms. The van der Waals surface area contributed by atoms with Crippen molar-refractivity contribution in [2.24, 2.45) is 13.0 Å². The Hall–Kier alpha value is -1.78. The van der Waals surface area contributed by atoms with Gasteiger partial charge in [-0.05, 0) is 39.7 Å². The maximum atomic E-state index is 12.7. The molecule has 0 spiro atoms. The number of amides is 1. The average molecular weight is 292 g/mol. The van der Waals surface area contributed by atoms with Gasteiger partial charge in [-0.1, -0.05) is 0 Å². The van der Waals surface area contributed by atoms with Crippen LogP contribution in [0.3, 0.4) is 0 Å². The van der Waals surface area contributed by atoms with Crippen molar-refractivity contribution in [3.05, 3.63) is 23.0 Å². The van der Waals surface area contributed by atoms with E-state index in [4.69, 9.17) is 4.74 Å². The highest BCUT2D eigenvalue weighted by molar-refractivity contribution is 5.96. The smallest absolute Gasteiger partial charge is 0.310 e. The van der Waals surface area contributed by atoms with Crippen LogP contribution in [0.1, 0.15) is 41.5 Å². The van der Waals surface area contributed by atoms with Gasteiger partial charge in [-0.3, -0.25) is 9.59 Å². The van der Waals surface area contributed by atoms with Gasteiger partial charge < -0.3 is 14.2 Å². The van der Waals surface area contributed by atoms with E-state index >= 15 is 0 Å². The second-order valence-electron chi connectivity index (χ2n) is 5.69. The van der Waals surface area contributed by atoms with Crippen LogP contribution in [0, 0.1) is 19.8 Å². The van der Waals surface area contributed by atoms with Gasteiger partial charge in [0.2, 0.25) is 0 Å². The molecule has 0 saturated carbocycles. The standard InChI is InChI=1S/C16H24N2O3/c1-5-21-16(20)13-7-6-8-18(10-13)15(19)14-9-11(2)17(4)12(14)3/h9,13H,5-8,10H2,1-4H3. The number of hydrogen-bond acceptors (Lipinski definition) is 3. The van der Waals surface area contributed by atoms with E-state index in [1.807, 2.05) is 31.5 Å². The van der Waals surface area contributed by atoms with Crippen LogP contribution in [0.5, 0.6) is 0 Å². The molecule has 1 unspecified atom stereocenters. The van der Waals surface area contributed by atoms with Gasteiger partial charge in [0, 0.05) is 31.5 Å². The number of rotatable bonds is 3. The minimum Gasteiger partial charge on any atom is -0.466 e. The van der Waals surface area contributed by atoms with Crippen LogP contribution in [-0.4, -0.2) is 41.0 Å². The molecular weight excluding hydrogens is 268 g/mol. The van der Waals surface area contributed by atoms with E-state index in [0.717, 1.165) is 29.8 Å². The lowest BCUT2D eigenvalue weighted by Gasteiger charge is -2.31. The molecule has 116 valence electrons. The zero-order chi connectivity index (χ0) is 15.6. The lowest BCUT2D eigenvalue weighted by molar-refractivity contribution is -0.149. The fraction of sp³-hybridized carbons (Fsp3) is 0.625. The molecule has 0 aromatic carbocycles. The fourth-order valence-electron chi connectivity index (χ4n) is 2.86. The van der Waals surface area contributed by atoms with Crippen molar-refractivity contribution >= 4 is 11.9 Å². The normalized spacial score (nSPS) is 18.7. The van der Waals surface area contributed by atoms with Crippen molar-refractivity contribution in [2.75, 3.05) is 19.7 Å². The number of aromatic nitrogens is 1. The van der Waals surface area contributed by atoms with E-state index < -0.39 is 0 Å². The fourth-order valence-corrected chi connectivity index (χ4v) is 2.86. The van der Waals surface area contributed by atoms with Gasteiger partial charge in [0.25, 0.3) is 5.91 Å². The summed E-state index contributed by atoms with van der Waals surface area (Å²) in [5.74, 6) is -0.353. The van der Waals surface area contributed by atoms with E-state index in [2.05, 4.69) is 0 Å². The van der Waals surface area contributed by atoms with E-state index in [1.54, 1.807) is 11.8 Å². The highest BCUT2D eigenvalue weighted by Gasteiger charge is 2.30. The summed E-state index contributed by atoms with van der Waals surface area (Å²) in [4.78, 5) is 26.3. The van der Waals surface area contributed by atoms with E-state index in [1.165, 1.54) is 0 Å². The molecule has 1 amide bonds. The monoisotopic (exact) mass is 292 g/mol. The van der Waals surface area contributed by atoms with Gasteiger partial charge in [0.05, 0.1) is 18.1 Å². The lowest BCUT2D eigenvalue weighted by atomic mass is 9.97. The van der Waals surface area contributed by atoms with Gasteiger partial charge in [0.15, 0.2) is 0 Å². The quantitative estimate of drug-likeness (QED) is 0.801. The third kappa shape index (κ3) is 3.12. The Morgan fingerprint density at radius 3 is 2.67 bits per heavy atom. The third-order valence-corrected chi connectivity index (χ3v) is 4.33. The Morgan fingerprint density at radius 2 is 2.10 bits per heavy atom. The third-order valence-electron chi connectivity index (χ3n) is 4.33. The first kappa shape index (κ1) is 15.6. The summed E-state index contributed by atoms with van der Waals surface area (Å²) in [5.41, 5.74) is 2.77. The summed E-state index contributed by atoms with van der Waals surface area (Å²) < 4.78 is 7.09. The van der Waals surface area contributed by atoms with Crippen molar-refractivity contribution in [3.63, 3.8) is 0 Å². The molecule has 1 aliphatic heterocycles. The van der Waals surface area contributed by atoms with Crippen LogP contribution in [-0.2, 0) is 16.6 Å². The maximum absolute atomic E-state index is 12.7. The molecule has 1 aromatic rings. The molecule has 2 rings (SSSR count). The van der Waals surface area contributed by atoms with Crippen molar-refractivity contribution in [1.29, 1.82) is 0 Å². The molecule has 2 heterocycles. The van der Waals surface area contributed by atoms with Gasteiger partial charge in [0.1, 0.15) is 0 Å². The zero-order valence-electron chi connectivity index (χ0n) is 13.3. The van der Waals surface area contributed by atoms with Crippen LogP contribution < -0.4 is 0 Å². The summed E-state index contributed by atoms with van der Waals surface area (Å²) in [6, 6.07) is 1.92. The SMILES string of the molecule is CCOC(=O)C1CCCN(C(=O)c2cc(C)n(C)c2C)C1. The Morgan fingerprint density at radius 1 is 1.38 bits per heavy atom. The summed E-state index contributed by atoms with van der Waals surface area (Å²) in [7, 11) is 1.96. The van der Waals surface area contributed by atoms with Gasteiger partial charge in [-0.2, -0.15) is 0 Å². The van der Waals surface area contributed by atoms with Crippen molar-refractivity contribution in [3.8, 4) is 0 Å². The Balaban J connectivity index is 2.12. The first-order valence-electron chi connectivity index (χ1n) is 7.54. The zero-order valence-corrected chi connectivity index (χ0v) is 13.3. The molecular formula is C16H24N2O3. The summed E-state index contributed by atoms with van der Waals surface area (Å²) >= 11 is 0. The number of esters is 1. The minimum absolute atomic E-state index is 0.0187. The first-order chi connectivity index (χ1) is 9.95. The summed E-state index contributed by atoms with van der Waals surface area (Å²) in [6.45, 7) is 7.31. The van der Waals surface area contributed by atoms with Crippen LogP contribution in [0.15, 0.2) is 6.07 Å². The molecule has 1 aromatic heterocycles. The van der Waals surface area contributed by atoms with Crippen LogP contribution in [0.2, 0.25) is 0 Å². The lowest BCUT2D eigenvalue weighted by Crippen LogP contribution is -2.43. The number of carbonyl (C=O) groups excluding carboxylic acids is 2. The predicted octanol–water partition coefficient (Wildman–Crippen LogP) is 2.06. The molecule has 1 aliphatic rings. The Kier molecular flexibility index (Phi) is 4.70. The number of piperidine rings is 1. The molecule has 1 saturated heterocycles. The molecule has 1 atom stereocenters. The van der Waals surface area contributed by atoms with Crippen LogP contribution >= 0.6 is 0 Å². The van der Waals surface area contributed by atoms with Gasteiger partial charge >= 0.3 is 5.97 Å². The number of likely N-dealkylation sites (tertiary alicyclic amines) is 1. The predicted molar refractivity (Wildman–Crippen MR) is 80.1 cm³/mol. The number of nitrogens with zero attached hydrogens (tertiary/aromatic N) is 2. The molecule has 1 fully saturated rings. The number of carbonyl (C=O) groups is 2. The Bertz CT molecular complexity index is 548. The maximum Gasteiger partial charge on any atom is 0.310 e. The molecule has 5 nitrogen and oxygen atoms in total. The average Bonchev–Trinajstić information content (AvgIpc) is 2.74. The second-order valence-corrected chi connectivity index (χ2v) is 5.69. The van der Waals surface area contributed by atoms with Crippen LogP contribution in [0.4, 0.5) is 0 Å². The number of aryl methyl sites for hydroxylation is 1. The molecule has 0 N–H and O–H groups in total. The van der Waals surface area contributed by atoms with E-state index in [9.17, 15) is 9.59 Å². The second kappa shape index (κ2) is 6.33. The Labute approximate surface area is 125 Å². The molecule has 0 aliphatic carbocycles. The largest absolute Gasteiger partial charge is 0.466 e. The molecule has 21 heavy (non-hydrogen) atoms. The van der Waals surface area contributed by atoms with E-state index in [0.29, 0.717) is 19.7 Å². The summed E-state index contributed by atoms with van der Waals surface area (Å²) in [5, 5.41) is 0. The number of ether oxygens (including phenoxy) is 1. The van der Waals surface area contributed by atoms with Gasteiger partial charge in [-0.25, -0.2) is 0 Å². The number of hydrogen-bond donors (Lipinski definition) is 0. The van der Waals surface area contributed by atoms with E-state index in [-0.39, 0.29) is 17.8 Å². The van der Waals surface area contributed by atoms with Crippen LogP contribution in [0.25, 0.3) is 0 Å². The van der Waals surface area contributed by atoms with Crippen molar-refractivity contribution in [1.82, 2.24) is 9.47 Å². The minimum atomic E-state index is -0.187.